The number of carboxylic acid groups (broad SMARTS) is 1. The van der Waals surface area contributed by atoms with Crippen molar-refractivity contribution in [2.75, 3.05) is 39.8 Å². The predicted octanol–water partition coefficient (Wildman–Crippen LogP) is 1.52. The van der Waals surface area contributed by atoms with Gasteiger partial charge in [0.15, 0.2) is 0 Å². The summed E-state index contributed by atoms with van der Waals surface area (Å²) in [5.41, 5.74) is 4.04. The lowest BCUT2D eigenvalue weighted by Crippen LogP contribution is -2.47. The van der Waals surface area contributed by atoms with Gasteiger partial charge in [0.1, 0.15) is 0 Å². The lowest BCUT2D eigenvalue weighted by Gasteiger charge is -2.35. The van der Waals surface area contributed by atoms with E-state index in [4.69, 9.17) is 9.84 Å². The van der Waals surface area contributed by atoms with E-state index in [1.54, 1.807) is 4.90 Å². The number of aliphatic carboxylic acids is 1. The number of carboxylic acids is 1. The van der Waals surface area contributed by atoms with Crippen molar-refractivity contribution in [3.63, 3.8) is 0 Å². The molecule has 2 rings (SSSR count). The highest BCUT2D eigenvalue weighted by molar-refractivity contribution is 5.69. The van der Waals surface area contributed by atoms with Gasteiger partial charge < -0.3 is 9.84 Å². The van der Waals surface area contributed by atoms with E-state index in [-0.39, 0.29) is 12.6 Å². The summed E-state index contributed by atoms with van der Waals surface area (Å²) in [6.45, 7) is 8.41. The molecule has 1 aliphatic rings. The van der Waals surface area contributed by atoms with Crippen LogP contribution in [0.15, 0.2) is 18.2 Å². The minimum absolute atomic E-state index is 0.0524. The van der Waals surface area contributed by atoms with Gasteiger partial charge in [0.25, 0.3) is 0 Å². The Labute approximate surface area is 132 Å². The molecular weight excluding hydrogens is 280 g/mol. The molecule has 0 aromatic heterocycles. The molecule has 0 aliphatic carbocycles. The van der Waals surface area contributed by atoms with Crippen LogP contribution >= 0.6 is 0 Å². The third-order valence-corrected chi connectivity index (χ3v) is 4.25. The van der Waals surface area contributed by atoms with Crippen LogP contribution in [0.2, 0.25) is 0 Å². The molecule has 1 N–H and O–H groups in total. The van der Waals surface area contributed by atoms with Gasteiger partial charge in [-0.25, -0.2) is 0 Å². The van der Waals surface area contributed by atoms with Gasteiger partial charge in [-0.2, -0.15) is 0 Å². The van der Waals surface area contributed by atoms with Crippen LogP contribution in [-0.4, -0.2) is 66.8 Å². The van der Waals surface area contributed by atoms with Gasteiger partial charge in [-0.15, -0.1) is 0 Å². The summed E-state index contributed by atoms with van der Waals surface area (Å²) in [7, 11) is 1.82. The van der Waals surface area contributed by atoms with Crippen LogP contribution in [0, 0.1) is 13.8 Å². The zero-order valence-electron chi connectivity index (χ0n) is 13.7. The molecule has 0 spiro atoms. The molecule has 1 unspecified atom stereocenters. The van der Waals surface area contributed by atoms with Gasteiger partial charge in [0.05, 0.1) is 19.3 Å². The Kier molecular flexibility index (Phi) is 5.94. The summed E-state index contributed by atoms with van der Waals surface area (Å²) in [5.74, 6) is -0.800. The highest BCUT2D eigenvalue weighted by Crippen LogP contribution is 2.17. The fourth-order valence-corrected chi connectivity index (χ4v) is 2.90. The molecular formula is C17H26N2O3. The van der Waals surface area contributed by atoms with Crippen LogP contribution in [-0.2, 0) is 16.1 Å². The maximum absolute atomic E-state index is 10.7. The van der Waals surface area contributed by atoms with Crippen LogP contribution in [0.3, 0.4) is 0 Å². The molecule has 1 saturated heterocycles. The second kappa shape index (κ2) is 7.72. The maximum Gasteiger partial charge on any atom is 0.317 e. The van der Waals surface area contributed by atoms with E-state index >= 15 is 0 Å². The number of ether oxygens (including phenoxy) is 1. The number of hydrogen-bond acceptors (Lipinski definition) is 4. The van der Waals surface area contributed by atoms with Crippen molar-refractivity contribution >= 4 is 5.97 Å². The van der Waals surface area contributed by atoms with Crippen molar-refractivity contribution in [1.82, 2.24) is 9.80 Å². The lowest BCUT2D eigenvalue weighted by molar-refractivity contribution is -0.138. The quantitative estimate of drug-likeness (QED) is 0.863. The Morgan fingerprint density at radius 2 is 2.23 bits per heavy atom. The van der Waals surface area contributed by atoms with E-state index in [0.29, 0.717) is 13.2 Å². The third kappa shape index (κ3) is 4.80. The number of morpholine rings is 1. The second-order valence-corrected chi connectivity index (χ2v) is 6.18. The van der Waals surface area contributed by atoms with Gasteiger partial charge in [0, 0.05) is 26.2 Å². The van der Waals surface area contributed by atoms with Crippen LogP contribution in [0.5, 0.6) is 0 Å². The minimum atomic E-state index is -0.800. The molecule has 122 valence electrons. The highest BCUT2D eigenvalue weighted by Gasteiger charge is 2.22. The number of carbonyl (C=O) groups is 1. The average molecular weight is 306 g/mol. The van der Waals surface area contributed by atoms with Crippen LogP contribution in [0.25, 0.3) is 0 Å². The summed E-state index contributed by atoms with van der Waals surface area (Å²) in [4.78, 5) is 14.9. The Bertz CT molecular complexity index is 519. The summed E-state index contributed by atoms with van der Waals surface area (Å²) >= 11 is 0. The van der Waals surface area contributed by atoms with E-state index in [9.17, 15) is 4.79 Å². The number of rotatable bonds is 6. The Morgan fingerprint density at radius 3 is 2.95 bits per heavy atom. The normalized spacial score (nSPS) is 19.5. The largest absolute Gasteiger partial charge is 0.480 e. The first-order valence-corrected chi connectivity index (χ1v) is 7.75. The molecule has 5 heteroatoms. The van der Waals surface area contributed by atoms with Crippen molar-refractivity contribution in [3.8, 4) is 0 Å². The zero-order valence-corrected chi connectivity index (χ0v) is 13.7. The van der Waals surface area contributed by atoms with E-state index in [1.165, 1.54) is 16.7 Å². The first kappa shape index (κ1) is 16.9. The van der Waals surface area contributed by atoms with Gasteiger partial charge >= 0.3 is 5.97 Å². The number of likely N-dealkylation sites (N-methyl/N-ethyl adjacent to an activating group) is 1. The zero-order chi connectivity index (χ0) is 16.1. The molecule has 0 saturated carbocycles. The van der Waals surface area contributed by atoms with Crippen LogP contribution in [0.1, 0.15) is 16.7 Å². The first-order chi connectivity index (χ1) is 10.5. The number of aryl methyl sites for hydroxylation is 1. The summed E-state index contributed by atoms with van der Waals surface area (Å²) in [6.07, 6.45) is 0.0724. The minimum Gasteiger partial charge on any atom is -0.480 e. The van der Waals surface area contributed by atoms with Gasteiger partial charge in [-0.05, 0) is 37.6 Å². The van der Waals surface area contributed by atoms with Crippen molar-refractivity contribution in [2.45, 2.75) is 26.5 Å². The van der Waals surface area contributed by atoms with Crippen molar-refractivity contribution in [3.05, 3.63) is 34.9 Å². The molecule has 0 radical (unpaired) electrons. The van der Waals surface area contributed by atoms with Gasteiger partial charge in [0.2, 0.25) is 0 Å². The molecule has 1 aromatic rings. The highest BCUT2D eigenvalue weighted by atomic mass is 16.5. The maximum atomic E-state index is 10.7. The first-order valence-electron chi connectivity index (χ1n) is 7.75. The van der Waals surface area contributed by atoms with Crippen LogP contribution in [0.4, 0.5) is 0 Å². The fraction of sp³-hybridized carbons (Fsp3) is 0.588. The summed E-state index contributed by atoms with van der Waals surface area (Å²) < 4.78 is 5.78. The van der Waals surface area contributed by atoms with E-state index in [2.05, 4.69) is 36.9 Å². The molecule has 5 nitrogen and oxygen atoms in total. The second-order valence-electron chi connectivity index (χ2n) is 6.18. The molecule has 1 atom stereocenters. The molecule has 22 heavy (non-hydrogen) atoms. The Balaban J connectivity index is 1.90. The number of benzene rings is 1. The molecule has 1 aliphatic heterocycles. The van der Waals surface area contributed by atoms with Gasteiger partial charge in [-0.1, -0.05) is 18.2 Å². The standard InChI is InChI=1S/C17H26N2O3/c1-13-5-4-6-15(14(13)2)9-19-7-8-22-16(11-19)10-18(3)12-17(20)21/h4-6,16H,7-12H2,1-3H3,(H,20,21). The predicted molar refractivity (Wildman–Crippen MR) is 86.1 cm³/mol. The van der Waals surface area contributed by atoms with E-state index in [0.717, 1.165) is 19.6 Å². The number of hydrogen-bond donors (Lipinski definition) is 1. The molecule has 1 aromatic carbocycles. The van der Waals surface area contributed by atoms with Crippen LogP contribution < -0.4 is 0 Å². The molecule has 1 heterocycles. The third-order valence-electron chi connectivity index (χ3n) is 4.25. The van der Waals surface area contributed by atoms with E-state index in [1.807, 2.05) is 7.05 Å². The molecule has 1 fully saturated rings. The molecule has 0 amide bonds. The van der Waals surface area contributed by atoms with Gasteiger partial charge in [-0.3, -0.25) is 14.6 Å². The van der Waals surface area contributed by atoms with Crippen molar-refractivity contribution < 1.29 is 14.6 Å². The van der Waals surface area contributed by atoms with Crippen molar-refractivity contribution in [2.24, 2.45) is 0 Å². The SMILES string of the molecule is Cc1cccc(CN2CCOC(CN(C)CC(=O)O)C2)c1C. The Hall–Kier alpha value is -1.43. The average Bonchev–Trinajstić information content (AvgIpc) is 2.43. The summed E-state index contributed by atoms with van der Waals surface area (Å²) in [5, 5.41) is 8.82. The fourth-order valence-electron chi connectivity index (χ4n) is 2.90. The monoisotopic (exact) mass is 306 g/mol. The van der Waals surface area contributed by atoms with E-state index < -0.39 is 5.97 Å². The lowest BCUT2D eigenvalue weighted by atomic mass is 10.0. The van der Waals surface area contributed by atoms with Crippen molar-refractivity contribution in [1.29, 1.82) is 0 Å². The smallest absolute Gasteiger partial charge is 0.317 e. The summed E-state index contributed by atoms with van der Waals surface area (Å²) in [6, 6.07) is 6.43. The topological polar surface area (TPSA) is 53.0 Å². The number of nitrogens with zero attached hydrogens (tertiary/aromatic N) is 2. The Morgan fingerprint density at radius 1 is 1.45 bits per heavy atom. The molecule has 0 bridgehead atoms.